The molecule has 0 saturated heterocycles. The van der Waals surface area contributed by atoms with Crippen molar-refractivity contribution in [1.29, 1.82) is 0 Å². The van der Waals surface area contributed by atoms with E-state index in [1.165, 1.54) is 7.11 Å². The highest BCUT2D eigenvalue weighted by Crippen LogP contribution is 2.30. The van der Waals surface area contributed by atoms with Crippen LogP contribution in [0.1, 0.15) is 15.9 Å². The molecule has 0 saturated carbocycles. The van der Waals surface area contributed by atoms with E-state index >= 15 is 0 Å². The highest BCUT2D eigenvalue weighted by atomic mass is 16.5. The molecule has 0 fully saturated rings. The molecule has 0 amide bonds. The number of esters is 1. The van der Waals surface area contributed by atoms with Gasteiger partial charge in [0.05, 0.1) is 25.3 Å². The summed E-state index contributed by atoms with van der Waals surface area (Å²) in [6, 6.07) is 18.9. The van der Waals surface area contributed by atoms with Crippen LogP contribution in [0.2, 0.25) is 0 Å². The number of hydrogen-bond donors (Lipinski definition) is 0. The number of carbonyl (C=O) groups is 1. The fraction of sp³-hybridized carbons (Fsp3) is 0.120. The van der Waals surface area contributed by atoms with Crippen molar-refractivity contribution >= 4 is 16.9 Å². The summed E-state index contributed by atoms with van der Waals surface area (Å²) < 4.78 is 21.3. The summed E-state index contributed by atoms with van der Waals surface area (Å²) >= 11 is 0. The molecule has 0 aliphatic rings. The summed E-state index contributed by atoms with van der Waals surface area (Å²) in [6.45, 7) is 1.86. The van der Waals surface area contributed by atoms with Gasteiger partial charge >= 0.3 is 11.6 Å². The molecule has 1 aromatic heterocycles. The number of carbonyl (C=O) groups excluding carboxylic acids is 1. The van der Waals surface area contributed by atoms with Crippen molar-refractivity contribution < 1.29 is 23.4 Å². The Balaban J connectivity index is 1.68. The van der Waals surface area contributed by atoms with Crippen LogP contribution in [0.15, 0.2) is 75.9 Å². The molecule has 156 valence electrons. The molecular formula is C25H20O6. The smallest absolute Gasteiger partial charge is 0.344 e. The van der Waals surface area contributed by atoms with Crippen molar-refractivity contribution in [1.82, 2.24) is 0 Å². The van der Waals surface area contributed by atoms with Gasteiger partial charge in [-0.3, -0.25) is 0 Å². The van der Waals surface area contributed by atoms with Crippen LogP contribution < -0.4 is 19.8 Å². The van der Waals surface area contributed by atoms with Crippen molar-refractivity contribution in [3.63, 3.8) is 0 Å². The van der Waals surface area contributed by atoms with Gasteiger partial charge in [0.25, 0.3) is 0 Å². The van der Waals surface area contributed by atoms with Gasteiger partial charge in [-0.15, -0.1) is 0 Å². The Morgan fingerprint density at radius 3 is 2.26 bits per heavy atom. The first-order valence-electron chi connectivity index (χ1n) is 9.58. The molecule has 6 nitrogen and oxygen atoms in total. The van der Waals surface area contributed by atoms with Gasteiger partial charge in [-0.1, -0.05) is 18.2 Å². The van der Waals surface area contributed by atoms with E-state index in [-0.39, 0.29) is 5.75 Å². The Kier molecular flexibility index (Phi) is 5.45. The topological polar surface area (TPSA) is 75.0 Å². The average Bonchev–Trinajstić information content (AvgIpc) is 2.79. The molecular weight excluding hydrogens is 396 g/mol. The molecule has 0 N–H and O–H groups in total. The number of fused-ring (bicyclic) bond motifs is 1. The van der Waals surface area contributed by atoms with Gasteiger partial charge in [-0.2, -0.15) is 0 Å². The lowest BCUT2D eigenvalue weighted by Crippen LogP contribution is -2.09. The first kappa shape index (κ1) is 20.2. The molecule has 31 heavy (non-hydrogen) atoms. The predicted octanol–water partition coefficient (Wildman–Crippen LogP) is 5.00. The standard InChI is InChI=1S/C25H20O6/c1-15-21-12-11-20(30-24(26)17-5-4-6-19(13-17)29-3)14-22(21)31-25(27)23(15)16-7-9-18(28-2)10-8-16/h4-14H,1-3H3. The highest BCUT2D eigenvalue weighted by molar-refractivity contribution is 5.93. The molecule has 6 heteroatoms. The maximum absolute atomic E-state index is 12.7. The number of hydrogen-bond acceptors (Lipinski definition) is 6. The molecule has 1 heterocycles. The Hall–Kier alpha value is -4.06. The van der Waals surface area contributed by atoms with E-state index in [1.54, 1.807) is 61.7 Å². The maximum Gasteiger partial charge on any atom is 0.344 e. The van der Waals surface area contributed by atoms with Gasteiger partial charge in [0, 0.05) is 11.5 Å². The number of aryl methyl sites for hydroxylation is 1. The van der Waals surface area contributed by atoms with Crippen molar-refractivity contribution in [2.45, 2.75) is 6.92 Å². The molecule has 0 spiro atoms. The third-order valence-corrected chi connectivity index (χ3v) is 5.03. The molecule has 0 bridgehead atoms. The molecule has 0 aliphatic carbocycles. The normalized spacial score (nSPS) is 10.7. The van der Waals surface area contributed by atoms with Gasteiger partial charge in [-0.25, -0.2) is 9.59 Å². The average molecular weight is 416 g/mol. The molecule has 3 aromatic carbocycles. The second-order valence-electron chi connectivity index (χ2n) is 6.90. The van der Waals surface area contributed by atoms with E-state index < -0.39 is 11.6 Å². The van der Waals surface area contributed by atoms with E-state index in [0.717, 1.165) is 16.5 Å². The molecule has 4 aromatic rings. The van der Waals surface area contributed by atoms with E-state index in [2.05, 4.69) is 0 Å². The summed E-state index contributed by atoms with van der Waals surface area (Å²) in [7, 11) is 3.11. The number of ether oxygens (including phenoxy) is 3. The second-order valence-corrected chi connectivity index (χ2v) is 6.90. The minimum atomic E-state index is -0.535. The van der Waals surface area contributed by atoms with Gasteiger partial charge < -0.3 is 18.6 Å². The van der Waals surface area contributed by atoms with Crippen LogP contribution in [0.25, 0.3) is 22.1 Å². The third kappa shape index (κ3) is 4.00. The molecule has 0 aliphatic heterocycles. The summed E-state index contributed by atoms with van der Waals surface area (Å²) in [5.74, 6) is 1.00. The minimum absolute atomic E-state index is 0.278. The summed E-state index contributed by atoms with van der Waals surface area (Å²) in [5, 5.41) is 0.756. The molecule has 4 rings (SSSR count). The van der Waals surface area contributed by atoms with Gasteiger partial charge in [-0.05, 0) is 60.5 Å². The largest absolute Gasteiger partial charge is 0.497 e. The zero-order valence-electron chi connectivity index (χ0n) is 17.3. The molecule has 0 unspecified atom stereocenters. The van der Waals surface area contributed by atoms with Gasteiger partial charge in [0.15, 0.2) is 0 Å². The minimum Gasteiger partial charge on any atom is -0.497 e. The van der Waals surface area contributed by atoms with Crippen LogP contribution in [0.4, 0.5) is 0 Å². The number of methoxy groups -OCH3 is 2. The van der Waals surface area contributed by atoms with Crippen LogP contribution in [0.3, 0.4) is 0 Å². The lowest BCUT2D eigenvalue weighted by molar-refractivity contribution is 0.0734. The summed E-state index contributed by atoms with van der Waals surface area (Å²) in [4.78, 5) is 25.2. The van der Waals surface area contributed by atoms with Crippen LogP contribution >= 0.6 is 0 Å². The number of rotatable bonds is 5. The quantitative estimate of drug-likeness (QED) is 0.259. The SMILES string of the molecule is COc1ccc(-c2c(C)c3ccc(OC(=O)c4cccc(OC)c4)cc3oc2=O)cc1. The van der Waals surface area contributed by atoms with Crippen LogP contribution in [0, 0.1) is 6.92 Å². The van der Waals surface area contributed by atoms with Crippen molar-refractivity contribution in [3.05, 3.63) is 88.3 Å². The maximum atomic E-state index is 12.7. The lowest BCUT2D eigenvalue weighted by Gasteiger charge is -2.10. The van der Waals surface area contributed by atoms with E-state index in [0.29, 0.717) is 28.2 Å². The zero-order chi connectivity index (χ0) is 22.0. The molecule has 0 atom stereocenters. The van der Waals surface area contributed by atoms with Crippen LogP contribution in [-0.4, -0.2) is 20.2 Å². The molecule has 0 radical (unpaired) electrons. The first-order chi connectivity index (χ1) is 15.0. The van der Waals surface area contributed by atoms with Gasteiger partial charge in [0.1, 0.15) is 22.8 Å². The Labute approximate surface area is 178 Å². The Bertz CT molecular complexity index is 1320. The lowest BCUT2D eigenvalue weighted by atomic mass is 9.99. The van der Waals surface area contributed by atoms with Gasteiger partial charge in [0.2, 0.25) is 0 Å². The summed E-state index contributed by atoms with van der Waals surface area (Å²) in [5.41, 5.74) is 2.23. The van der Waals surface area contributed by atoms with E-state index in [4.69, 9.17) is 18.6 Å². The Morgan fingerprint density at radius 2 is 1.55 bits per heavy atom. The van der Waals surface area contributed by atoms with Crippen molar-refractivity contribution in [3.8, 4) is 28.4 Å². The van der Waals surface area contributed by atoms with Crippen LogP contribution in [0.5, 0.6) is 17.2 Å². The van der Waals surface area contributed by atoms with E-state index in [9.17, 15) is 9.59 Å². The number of benzene rings is 3. The van der Waals surface area contributed by atoms with Crippen LogP contribution in [-0.2, 0) is 0 Å². The Morgan fingerprint density at radius 1 is 0.839 bits per heavy atom. The van der Waals surface area contributed by atoms with Crippen molar-refractivity contribution in [2.75, 3.05) is 14.2 Å². The van der Waals surface area contributed by atoms with E-state index in [1.807, 2.05) is 19.1 Å². The fourth-order valence-corrected chi connectivity index (χ4v) is 3.41. The highest BCUT2D eigenvalue weighted by Gasteiger charge is 2.16. The second kappa shape index (κ2) is 8.36. The zero-order valence-corrected chi connectivity index (χ0v) is 17.3. The predicted molar refractivity (Wildman–Crippen MR) is 117 cm³/mol. The fourth-order valence-electron chi connectivity index (χ4n) is 3.41. The van der Waals surface area contributed by atoms with Crippen molar-refractivity contribution in [2.24, 2.45) is 0 Å². The monoisotopic (exact) mass is 416 g/mol. The summed E-state index contributed by atoms with van der Waals surface area (Å²) in [6.07, 6.45) is 0. The first-order valence-corrected chi connectivity index (χ1v) is 9.58. The third-order valence-electron chi connectivity index (χ3n) is 5.03.